The van der Waals surface area contributed by atoms with E-state index in [2.05, 4.69) is 5.32 Å². The minimum absolute atomic E-state index is 0.685. The number of hydrogen-bond acceptors (Lipinski definition) is 2. The predicted octanol–water partition coefficient (Wildman–Crippen LogP) is 2.72. The average molecular weight is 226 g/mol. The van der Waals surface area contributed by atoms with E-state index in [9.17, 15) is 0 Å². The molecule has 0 bridgehead atoms. The molecule has 15 heavy (non-hydrogen) atoms. The lowest BCUT2D eigenvalue weighted by Gasteiger charge is -2.22. The molecule has 0 atom stereocenters. The van der Waals surface area contributed by atoms with Gasteiger partial charge < -0.3 is 10.1 Å². The summed E-state index contributed by atoms with van der Waals surface area (Å²) in [6, 6.07) is 7.59. The van der Waals surface area contributed by atoms with Crippen molar-refractivity contribution < 1.29 is 4.74 Å². The second kappa shape index (κ2) is 5.38. The molecule has 1 aromatic carbocycles. The first kappa shape index (κ1) is 10.8. The Hall–Kier alpha value is -0.730. The first-order valence-electron chi connectivity index (χ1n) is 5.44. The van der Waals surface area contributed by atoms with Crippen molar-refractivity contribution in [2.75, 3.05) is 19.7 Å². The van der Waals surface area contributed by atoms with Crippen molar-refractivity contribution in [3.8, 4) is 5.75 Å². The number of hydrogen-bond donors (Lipinski definition) is 1. The summed E-state index contributed by atoms with van der Waals surface area (Å²) in [6.07, 6.45) is 2.42. The van der Waals surface area contributed by atoms with Gasteiger partial charge in [-0.2, -0.15) is 0 Å². The first-order valence-corrected chi connectivity index (χ1v) is 5.81. The Labute approximate surface area is 95.6 Å². The Morgan fingerprint density at radius 2 is 2.13 bits per heavy atom. The van der Waals surface area contributed by atoms with Gasteiger partial charge >= 0.3 is 0 Å². The van der Waals surface area contributed by atoms with E-state index < -0.39 is 0 Å². The lowest BCUT2D eigenvalue weighted by atomic mass is 9.99. The first-order chi connectivity index (χ1) is 7.34. The van der Waals surface area contributed by atoms with Crippen LogP contribution < -0.4 is 10.1 Å². The molecule has 0 spiro atoms. The Bertz CT molecular complexity index is 310. The minimum Gasteiger partial charge on any atom is -0.493 e. The quantitative estimate of drug-likeness (QED) is 0.854. The van der Waals surface area contributed by atoms with Crippen LogP contribution in [0, 0.1) is 5.92 Å². The van der Waals surface area contributed by atoms with Crippen LogP contribution >= 0.6 is 11.6 Å². The molecule has 0 amide bonds. The monoisotopic (exact) mass is 225 g/mol. The van der Waals surface area contributed by atoms with Crippen LogP contribution in [0.2, 0.25) is 5.02 Å². The second-order valence-electron chi connectivity index (χ2n) is 3.96. The molecule has 0 saturated carbocycles. The molecule has 1 aliphatic rings. The highest BCUT2D eigenvalue weighted by atomic mass is 35.5. The second-order valence-corrected chi connectivity index (χ2v) is 4.40. The van der Waals surface area contributed by atoms with Crippen LogP contribution in [-0.2, 0) is 0 Å². The standard InChI is InChI=1S/C12H16ClNO/c13-11-2-1-3-12(8-11)15-9-10-4-6-14-7-5-10/h1-3,8,10,14H,4-7,9H2. The summed E-state index contributed by atoms with van der Waals surface area (Å²) >= 11 is 5.88. The zero-order valence-corrected chi connectivity index (χ0v) is 9.46. The topological polar surface area (TPSA) is 21.3 Å². The molecule has 0 aromatic heterocycles. The Balaban J connectivity index is 1.81. The van der Waals surface area contributed by atoms with E-state index in [0.29, 0.717) is 5.92 Å². The molecule has 2 rings (SSSR count). The number of nitrogens with one attached hydrogen (secondary N) is 1. The summed E-state index contributed by atoms with van der Waals surface area (Å²) in [5.41, 5.74) is 0. The van der Waals surface area contributed by atoms with Gasteiger partial charge in [0.25, 0.3) is 0 Å². The smallest absolute Gasteiger partial charge is 0.120 e. The van der Waals surface area contributed by atoms with Gasteiger partial charge in [0.2, 0.25) is 0 Å². The van der Waals surface area contributed by atoms with Crippen LogP contribution in [0.4, 0.5) is 0 Å². The molecular formula is C12H16ClNO. The summed E-state index contributed by atoms with van der Waals surface area (Å²) in [6.45, 7) is 3.04. The molecule has 1 aliphatic heterocycles. The highest BCUT2D eigenvalue weighted by Crippen LogP contribution is 2.19. The molecule has 1 fully saturated rings. The summed E-state index contributed by atoms with van der Waals surface area (Å²) in [5.74, 6) is 1.56. The highest BCUT2D eigenvalue weighted by Gasteiger charge is 2.13. The summed E-state index contributed by atoms with van der Waals surface area (Å²) in [4.78, 5) is 0. The zero-order chi connectivity index (χ0) is 10.5. The Morgan fingerprint density at radius 3 is 2.87 bits per heavy atom. The SMILES string of the molecule is Clc1cccc(OCC2CCNCC2)c1. The van der Waals surface area contributed by atoms with Crippen LogP contribution in [0.25, 0.3) is 0 Å². The van der Waals surface area contributed by atoms with E-state index in [1.165, 1.54) is 12.8 Å². The predicted molar refractivity (Wildman–Crippen MR) is 62.5 cm³/mol. The molecule has 1 aromatic rings. The average Bonchev–Trinajstić information content (AvgIpc) is 2.28. The Morgan fingerprint density at radius 1 is 1.33 bits per heavy atom. The number of benzene rings is 1. The number of rotatable bonds is 3. The fourth-order valence-corrected chi connectivity index (χ4v) is 2.00. The van der Waals surface area contributed by atoms with Crippen molar-refractivity contribution in [3.63, 3.8) is 0 Å². The van der Waals surface area contributed by atoms with E-state index in [0.717, 1.165) is 30.5 Å². The van der Waals surface area contributed by atoms with E-state index in [1.807, 2.05) is 24.3 Å². The van der Waals surface area contributed by atoms with Crippen molar-refractivity contribution in [2.45, 2.75) is 12.8 Å². The summed E-state index contributed by atoms with van der Waals surface area (Å²) in [5, 5.41) is 4.08. The van der Waals surface area contributed by atoms with E-state index in [1.54, 1.807) is 0 Å². The van der Waals surface area contributed by atoms with Gasteiger partial charge in [-0.25, -0.2) is 0 Å². The molecular weight excluding hydrogens is 210 g/mol. The van der Waals surface area contributed by atoms with Gasteiger partial charge in [0.1, 0.15) is 5.75 Å². The molecule has 1 saturated heterocycles. The molecule has 3 heteroatoms. The van der Waals surface area contributed by atoms with Gasteiger partial charge in [-0.05, 0) is 50.0 Å². The van der Waals surface area contributed by atoms with Crippen LogP contribution in [0.5, 0.6) is 5.75 Å². The summed E-state index contributed by atoms with van der Waals surface area (Å²) < 4.78 is 5.71. The van der Waals surface area contributed by atoms with Crippen LogP contribution in [-0.4, -0.2) is 19.7 Å². The lowest BCUT2D eigenvalue weighted by Crippen LogP contribution is -2.30. The summed E-state index contributed by atoms with van der Waals surface area (Å²) in [7, 11) is 0. The number of piperidine rings is 1. The molecule has 1 heterocycles. The van der Waals surface area contributed by atoms with E-state index in [-0.39, 0.29) is 0 Å². The molecule has 1 N–H and O–H groups in total. The van der Waals surface area contributed by atoms with E-state index in [4.69, 9.17) is 16.3 Å². The van der Waals surface area contributed by atoms with Gasteiger partial charge in [0.05, 0.1) is 6.61 Å². The highest BCUT2D eigenvalue weighted by molar-refractivity contribution is 6.30. The van der Waals surface area contributed by atoms with Crippen molar-refractivity contribution >= 4 is 11.6 Å². The minimum atomic E-state index is 0.685. The van der Waals surface area contributed by atoms with Crippen LogP contribution in [0.3, 0.4) is 0 Å². The molecule has 2 nitrogen and oxygen atoms in total. The fourth-order valence-electron chi connectivity index (χ4n) is 1.82. The maximum Gasteiger partial charge on any atom is 0.120 e. The van der Waals surface area contributed by atoms with E-state index >= 15 is 0 Å². The maximum atomic E-state index is 5.88. The third-order valence-corrected chi connectivity index (χ3v) is 2.98. The third kappa shape index (κ3) is 3.40. The molecule has 0 radical (unpaired) electrons. The normalized spacial score (nSPS) is 17.7. The number of ether oxygens (including phenoxy) is 1. The largest absolute Gasteiger partial charge is 0.493 e. The van der Waals surface area contributed by atoms with Crippen LogP contribution in [0.1, 0.15) is 12.8 Å². The fraction of sp³-hybridized carbons (Fsp3) is 0.500. The Kier molecular flexibility index (Phi) is 3.87. The van der Waals surface area contributed by atoms with Gasteiger partial charge in [0.15, 0.2) is 0 Å². The number of halogens is 1. The van der Waals surface area contributed by atoms with Gasteiger partial charge in [-0.15, -0.1) is 0 Å². The van der Waals surface area contributed by atoms with Gasteiger partial charge in [-0.3, -0.25) is 0 Å². The van der Waals surface area contributed by atoms with Gasteiger partial charge in [-0.1, -0.05) is 17.7 Å². The maximum absolute atomic E-state index is 5.88. The lowest BCUT2D eigenvalue weighted by molar-refractivity contribution is 0.215. The molecule has 0 unspecified atom stereocenters. The van der Waals surface area contributed by atoms with Crippen LogP contribution in [0.15, 0.2) is 24.3 Å². The van der Waals surface area contributed by atoms with Gasteiger partial charge in [0, 0.05) is 5.02 Å². The van der Waals surface area contributed by atoms with Crippen molar-refractivity contribution in [2.24, 2.45) is 5.92 Å². The van der Waals surface area contributed by atoms with Crippen molar-refractivity contribution in [3.05, 3.63) is 29.3 Å². The molecule has 82 valence electrons. The zero-order valence-electron chi connectivity index (χ0n) is 8.71. The van der Waals surface area contributed by atoms with Crippen molar-refractivity contribution in [1.29, 1.82) is 0 Å². The molecule has 0 aliphatic carbocycles. The third-order valence-electron chi connectivity index (χ3n) is 2.74. The van der Waals surface area contributed by atoms with Crippen molar-refractivity contribution in [1.82, 2.24) is 5.32 Å².